The smallest absolute Gasteiger partial charge is 0.200 e. The maximum atomic E-state index is 13.8. The molecule has 2 nitrogen and oxygen atoms in total. The number of ketones is 1. The Morgan fingerprint density at radius 2 is 1.60 bits per heavy atom. The summed E-state index contributed by atoms with van der Waals surface area (Å²) in [6.07, 6.45) is 2.57. The van der Waals surface area contributed by atoms with Gasteiger partial charge in [0.25, 0.3) is 0 Å². The van der Waals surface area contributed by atoms with Gasteiger partial charge < -0.3 is 4.74 Å². The number of halogens is 2. The molecule has 0 aliphatic heterocycles. The Labute approximate surface area is 118 Å². The van der Waals surface area contributed by atoms with Crippen LogP contribution in [0.2, 0.25) is 0 Å². The Bertz CT molecular complexity index is 493. The first kappa shape index (κ1) is 15.1. The van der Waals surface area contributed by atoms with Gasteiger partial charge in [0.05, 0.1) is 5.56 Å². The molecule has 0 aromatic heterocycles. The second-order valence-electron chi connectivity index (χ2n) is 6.29. The molecule has 0 amide bonds. The van der Waals surface area contributed by atoms with Gasteiger partial charge in [-0.1, -0.05) is 19.9 Å². The minimum Gasteiger partial charge on any atom is -0.370 e. The largest absolute Gasteiger partial charge is 0.370 e. The highest BCUT2D eigenvalue weighted by atomic mass is 19.1. The molecule has 20 heavy (non-hydrogen) atoms. The van der Waals surface area contributed by atoms with E-state index in [-0.39, 0.29) is 5.41 Å². The van der Waals surface area contributed by atoms with E-state index in [0.29, 0.717) is 12.8 Å². The standard InChI is InChI=1S/C16H20F2O2/c1-15(2)7-9-16(20-3,10-8-15)14(19)13-11(17)5-4-6-12(13)18/h4-6H,7-10H2,1-3H3. The predicted octanol–water partition coefficient (Wildman–Crippen LogP) is 4.13. The van der Waals surface area contributed by atoms with Crippen LogP contribution in [0.3, 0.4) is 0 Å². The van der Waals surface area contributed by atoms with Crippen LogP contribution in [-0.4, -0.2) is 18.5 Å². The lowest BCUT2D eigenvalue weighted by atomic mass is 9.68. The first-order valence-corrected chi connectivity index (χ1v) is 6.85. The summed E-state index contributed by atoms with van der Waals surface area (Å²) in [5.41, 5.74) is -1.44. The topological polar surface area (TPSA) is 26.3 Å². The molecule has 2 rings (SSSR count). The molecule has 1 aromatic carbocycles. The van der Waals surface area contributed by atoms with E-state index in [1.807, 2.05) is 0 Å². The summed E-state index contributed by atoms with van der Waals surface area (Å²) in [6.45, 7) is 4.25. The van der Waals surface area contributed by atoms with Crippen molar-refractivity contribution in [1.29, 1.82) is 0 Å². The van der Waals surface area contributed by atoms with Crippen molar-refractivity contribution in [3.05, 3.63) is 35.4 Å². The van der Waals surface area contributed by atoms with Gasteiger partial charge in [-0.05, 0) is 43.2 Å². The van der Waals surface area contributed by atoms with Gasteiger partial charge in [-0.2, -0.15) is 0 Å². The van der Waals surface area contributed by atoms with Crippen LogP contribution in [0, 0.1) is 17.0 Å². The molecule has 110 valence electrons. The fraction of sp³-hybridized carbons (Fsp3) is 0.562. The molecule has 4 heteroatoms. The van der Waals surface area contributed by atoms with Crippen LogP contribution in [0.25, 0.3) is 0 Å². The molecule has 1 aliphatic carbocycles. The number of ether oxygens (including phenoxy) is 1. The van der Waals surface area contributed by atoms with Gasteiger partial charge in [0.2, 0.25) is 5.78 Å². The Kier molecular flexibility index (Phi) is 3.96. The van der Waals surface area contributed by atoms with E-state index in [2.05, 4.69) is 13.8 Å². The summed E-state index contributed by atoms with van der Waals surface area (Å²) in [7, 11) is 1.44. The normalized spacial score (nSPS) is 20.6. The SMILES string of the molecule is COC1(C(=O)c2c(F)cccc2F)CCC(C)(C)CC1. The van der Waals surface area contributed by atoms with Crippen molar-refractivity contribution in [2.75, 3.05) is 7.11 Å². The van der Waals surface area contributed by atoms with Gasteiger partial charge in [0, 0.05) is 7.11 Å². The number of rotatable bonds is 3. The number of benzene rings is 1. The van der Waals surface area contributed by atoms with Crippen LogP contribution >= 0.6 is 0 Å². The number of hydrogen-bond donors (Lipinski definition) is 0. The minimum atomic E-state index is -1.10. The zero-order chi connectivity index (χ0) is 15.0. The van der Waals surface area contributed by atoms with Crippen LogP contribution < -0.4 is 0 Å². The second-order valence-corrected chi connectivity index (χ2v) is 6.29. The zero-order valence-electron chi connectivity index (χ0n) is 12.1. The van der Waals surface area contributed by atoms with Crippen molar-refractivity contribution in [2.24, 2.45) is 5.41 Å². The van der Waals surface area contributed by atoms with Gasteiger partial charge >= 0.3 is 0 Å². The van der Waals surface area contributed by atoms with E-state index in [1.165, 1.54) is 13.2 Å². The molecule has 1 aliphatic rings. The van der Waals surface area contributed by atoms with Crippen molar-refractivity contribution >= 4 is 5.78 Å². The van der Waals surface area contributed by atoms with Gasteiger partial charge in [-0.25, -0.2) is 8.78 Å². The third kappa shape index (κ3) is 2.62. The predicted molar refractivity (Wildman–Crippen MR) is 72.7 cm³/mol. The van der Waals surface area contributed by atoms with Crippen molar-refractivity contribution in [1.82, 2.24) is 0 Å². The molecule has 0 atom stereocenters. The van der Waals surface area contributed by atoms with E-state index in [4.69, 9.17) is 4.74 Å². The number of hydrogen-bond acceptors (Lipinski definition) is 2. The summed E-state index contributed by atoms with van der Waals surface area (Å²) < 4.78 is 33.0. The van der Waals surface area contributed by atoms with E-state index in [9.17, 15) is 13.6 Å². The first-order valence-electron chi connectivity index (χ1n) is 6.85. The highest BCUT2D eigenvalue weighted by Gasteiger charge is 2.45. The molecule has 1 aromatic rings. The third-order valence-corrected chi connectivity index (χ3v) is 4.41. The van der Waals surface area contributed by atoms with Gasteiger partial charge in [-0.3, -0.25) is 4.79 Å². The van der Waals surface area contributed by atoms with Crippen LogP contribution in [0.4, 0.5) is 8.78 Å². The van der Waals surface area contributed by atoms with E-state index in [1.54, 1.807) is 0 Å². The average Bonchev–Trinajstić information content (AvgIpc) is 2.39. The highest BCUT2D eigenvalue weighted by molar-refractivity contribution is 6.03. The van der Waals surface area contributed by atoms with Gasteiger partial charge in [0.15, 0.2) is 0 Å². The molecule has 0 spiro atoms. The monoisotopic (exact) mass is 282 g/mol. The maximum absolute atomic E-state index is 13.8. The number of carbonyl (C=O) groups excluding carboxylic acids is 1. The molecule has 0 saturated heterocycles. The molecule has 0 radical (unpaired) electrons. The Balaban J connectivity index is 2.35. The molecule has 0 unspecified atom stereocenters. The number of carbonyl (C=O) groups is 1. The Morgan fingerprint density at radius 3 is 2.05 bits per heavy atom. The van der Waals surface area contributed by atoms with Crippen LogP contribution in [0.5, 0.6) is 0 Å². The van der Waals surface area contributed by atoms with Crippen molar-refractivity contribution < 1.29 is 18.3 Å². The van der Waals surface area contributed by atoms with E-state index >= 15 is 0 Å². The molecule has 0 bridgehead atoms. The van der Waals surface area contributed by atoms with E-state index in [0.717, 1.165) is 25.0 Å². The molecule has 1 fully saturated rings. The number of methoxy groups -OCH3 is 1. The highest BCUT2D eigenvalue weighted by Crippen LogP contribution is 2.43. The van der Waals surface area contributed by atoms with Crippen LogP contribution in [0.1, 0.15) is 49.9 Å². The average molecular weight is 282 g/mol. The van der Waals surface area contributed by atoms with Crippen molar-refractivity contribution in [3.8, 4) is 0 Å². The summed E-state index contributed by atoms with van der Waals surface area (Å²) in [5, 5.41) is 0. The summed E-state index contributed by atoms with van der Waals surface area (Å²) >= 11 is 0. The Morgan fingerprint density at radius 1 is 1.10 bits per heavy atom. The van der Waals surface area contributed by atoms with Crippen LogP contribution in [-0.2, 0) is 4.74 Å². The zero-order valence-corrected chi connectivity index (χ0v) is 12.1. The lowest BCUT2D eigenvalue weighted by Crippen LogP contribution is -2.46. The summed E-state index contributed by atoms with van der Waals surface area (Å²) in [6, 6.07) is 3.46. The lowest BCUT2D eigenvalue weighted by molar-refractivity contribution is -0.0387. The quantitative estimate of drug-likeness (QED) is 0.779. The fourth-order valence-corrected chi connectivity index (χ4v) is 2.80. The maximum Gasteiger partial charge on any atom is 0.200 e. The third-order valence-electron chi connectivity index (χ3n) is 4.41. The molecule has 0 heterocycles. The lowest BCUT2D eigenvalue weighted by Gasteiger charge is -2.41. The van der Waals surface area contributed by atoms with Crippen LogP contribution in [0.15, 0.2) is 18.2 Å². The Hall–Kier alpha value is -1.29. The van der Waals surface area contributed by atoms with Gasteiger partial charge in [-0.15, -0.1) is 0 Å². The summed E-state index contributed by atoms with van der Waals surface area (Å²) in [5.74, 6) is -2.22. The van der Waals surface area contributed by atoms with Crippen molar-refractivity contribution in [2.45, 2.75) is 45.1 Å². The first-order chi connectivity index (χ1) is 9.31. The fourth-order valence-electron chi connectivity index (χ4n) is 2.80. The molecule has 1 saturated carbocycles. The number of Topliss-reactive ketones (excluding diaryl/α,β-unsaturated/α-hetero) is 1. The van der Waals surface area contributed by atoms with Crippen molar-refractivity contribution in [3.63, 3.8) is 0 Å². The van der Waals surface area contributed by atoms with E-state index < -0.39 is 28.6 Å². The van der Waals surface area contributed by atoms with Gasteiger partial charge in [0.1, 0.15) is 17.2 Å². The molecular formula is C16H20F2O2. The summed E-state index contributed by atoms with van der Waals surface area (Å²) in [4.78, 5) is 12.6. The molecule has 0 N–H and O–H groups in total. The second kappa shape index (κ2) is 5.24. The molecular weight excluding hydrogens is 262 g/mol. The minimum absolute atomic E-state index is 0.135.